The van der Waals surface area contributed by atoms with Crippen molar-refractivity contribution in [3.63, 3.8) is 0 Å². The predicted octanol–water partition coefficient (Wildman–Crippen LogP) is 3.36. The van der Waals surface area contributed by atoms with Crippen LogP contribution in [0.3, 0.4) is 0 Å². The molecule has 1 aliphatic heterocycles. The highest BCUT2D eigenvalue weighted by Crippen LogP contribution is 2.30. The lowest BCUT2D eigenvalue weighted by Crippen LogP contribution is -2.14. The van der Waals surface area contributed by atoms with Gasteiger partial charge in [0.05, 0.1) is 0 Å². The molecule has 0 radical (unpaired) electrons. The van der Waals surface area contributed by atoms with Crippen LogP contribution in [0, 0.1) is 11.8 Å². The van der Waals surface area contributed by atoms with Gasteiger partial charge in [-0.25, -0.2) is 0 Å². The number of allylic oxidation sites excluding steroid dienone is 3. The van der Waals surface area contributed by atoms with Crippen LogP contribution in [0.25, 0.3) is 0 Å². The molecule has 1 N–H and O–H groups in total. The highest BCUT2D eigenvalue weighted by atomic mass is 16.5. The number of methoxy groups -OCH3 is 1. The van der Waals surface area contributed by atoms with Crippen molar-refractivity contribution in [2.75, 3.05) is 20.3 Å². The lowest BCUT2D eigenvalue weighted by molar-refractivity contribution is -0.0419. The highest BCUT2D eigenvalue weighted by Gasteiger charge is 2.19. The van der Waals surface area contributed by atoms with Gasteiger partial charge in [0.2, 0.25) is 0 Å². The van der Waals surface area contributed by atoms with Crippen molar-refractivity contribution in [3.05, 3.63) is 23.9 Å². The van der Waals surface area contributed by atoms with Gasteiger partial charge in [-0.15, -0.1) is 0 Å². The molecule has 3 nitrogen and oxygen atoms in total. The standard InChI is InChI=1S/C15H25NO2/c1-18-12-15-6-5-13-4-2-3-8-16(17)9-7-14(10-13)11-15/h7,9-10,13,15,17H,2-6,8,11-12H2,1H3. The van der Waals surface area contributed by atoms with Crippen LogP contribution in [0.2, 0.25) is 0 Å². The van der Waals surface area contributed by atoms with Crippen molar-refractivity contribution in [1.82, 2.24) is 5.06 Å². The van der Waals surface area contributed by atoms with Gasteiger partial charge < -0.3 is 4.74 Å². The number of fused-ring (bicyclic) bond motifs is 1. The second-order valence-electron chi connectivity index (χ2n) is 5.58. The highest BCUT2D eigenvalue weighted by molar-refractivity contribution is 5.21. The molecular weight excluding hydrogens is 226 g/mol. The molecule has 18 heavy (non-hydrogen) atoms. The van der Waals surface area contributed by atoms with E-state index in [9.17, 15) is 5.21 Å². The summed E-state index contributed by atoms with van der Waals surface area (Å²) in [6.07, 6.45) is 13.5. The van der Waals surface area contributed by atoms with E-state index in [0.717, 1.165) is 31.9 Å². The molecule has 2 rings (SSSR count). The van der Waals surface area contributed by atoms with E-state index in [0.29, 0.717) is 5.92 Å². The topological polar surface area (TPSA) is 32.7 Å². The molecule has 2 bridgehead atoms. The lowest BCUT2D eigenvalue weighted by atomic mass is 9.94. The SMILES string of the molecule is COCC1CCC2C=C(C=CN(O)CCCC2)C1. The largest absolute Gasteiger partial charge is 0.384 e. The fourth-order valence-electron chi connectivity index (χ4n) is 3.01. The van der Waals surface area contributed by atoms with E-state index < -0.39 is 0 Å². The third kappa shape index (κ3) is 4.14. The van der Waals surface area contributed by atoms with Crippen LogP contribution in [0.1, 0.15) is 38.5 Å². The summed E-state index contributed by atoms with van der Waals surface area (Å²) < 4.78 is 5.31. The summed E-state index contributed by atoms with van der Waals surface area (Å²) in [6.45, 7) is 1.60. The average molecular weight is 251 g/mol. The van der Waals surface area contributed by atoms with Crippen LogP contribution in [0.15, 0.2) is 23.9 Å². The molecule has 2 aliphatic rings. The molecule has 2 unspecified atom stereocenters. The van der Waals surface area contributed by atoms with E-state index in [-0.39, 0.29) is 0 Å². The number of rotatable bonds is 2. The molecule has 3 heteroatoms. The first-order chi connectivity index (χ1) is 8.78. The van der Waals surface area contributed by atoms with Gasteiger partial charge in [-0.1, -0.05) is 12.5 Å². The molecule has 0 aromatic rings. The zero-order valence-corrected chi connectivity index (χ0v) is 11.3. The van der Waals surface area contributed by atoms with Crippen LogP contribution >= 0.6 is 0 Å². The van der Waals surface area contributed by atoms with E-state index in [2.05, 4.69) is 12.2 Å². The van der Waals surface area contributed by atoms with Crippen molar-refractivity contribution >= 4 is 0 Å². The maximum absolute atomic E-state index is 9.66. The van der Waals surface area contributed by atoms with Gasteiger partial charge in [0.25, 0.3) is 0 Å². The van der Waals surface area contributed by atoms with Crippen molar-refractivity contribution in [3.8, 4) is 0 Å². The van der Waals surface area contributed by atoms with Gasteiger partial charge in [0.1, 0.15) is 0 Å². The Morgan fingerprint density at radius 2 is 2.22 bits per heavy atom. The summed E-state index contributed by atoms with van der Waals surface area (Å²) in [5, 5.41) is 11.0. The number of hydrogen-bond acceptors (Lipinski definition) is 3. The minimum absolute atomic E-state index is 0.629. The van der Waals surface area contributed by atoms with E-state index in [1.807, 2.05) is 6.20 Å². The van der Waals surface area contributed by atoms with Gasteiger partial charge >= 0.3 is 0 Å². The number of hydrogen-bond donors (Lipinski definition) is 1. The Kier molecular flexibility index (Phi) is 5.26. The molecule has 0 aromatic carbocycles. The molecule has 0 saturated heterocycles. The zero-order valence-electron chi connectivity index (χ0n) is 11.3. The van der Waals surface area contributed by atoms with Gasteiger partial charge in [0.15, 0.2) is 0 Å². The molecule has 1 heterocycles. The zero-order chi connectivity index (χ0) is 12.8. The van der Waals surface area contributed by atoms with Gasteiger partial charge in [0, 0.05) is 26.5 Å². The van der Waals surface area contributed by atoms with Crippen LogP contribution in [0.5, 0.6) is 0 Å². The Labute approximate surface area is 110 Å². The number of hydroxylamine groups is 2. The molecular formula is C15H25NO2. The minimum Gasteiger partial charge on any atom is -0.384 e. The quantitative estimate of drug-likeness (QED) is 0.816. The van der Waals surface area contributed by atoms with E-state index in [4.69, 9.17) is 4.74 Å². The Hall–Kier alpha value is -0.800. The van der Waals surface area contributed by atoms with Gasteiger partial charge in [-0.05, 0) is 55.6 Å². The lowest BCUT2D eigenvalue weighted by Gasteiger charge is -2.16. The van der Waals surface area contributed by atoms with Crippen LogP contribution < -0.4 is 0 Å². The molecule has 0 fully saturated rings. The number of nitrogens with zero attached hydrogens (tertiary/aromatic N) is 1. The molecule has 0 aromatic heterocycles. The molecule has 2 atom stereocenters. The maximum atomic E-state index is 9.66. The van der Waals surface area contributed by atoms with E-state index >= 15 is 0 Å². The van der Waals surface area contributed by atoms with Crippen LogP contribution in [-0.4, -0.2) is 30.5 Å². The monoisotopic (exact) mass is 251 g/mol. The summed E-state index contributed by atoms with van der Waals surface area (Å²) >= 11 is 0. The Morgan fingerprint density at radius 1 is 1.33 bits per heavy atom. The smallest absolute Gasteiger partial charge is 0.0493 e. The van der Waals surface area contributed by atoms with Crippen molar-refractivity contribution < 1.29 is 9.94 Å². The Bertz CT molecular complexity index is 312. The summed E-state index contributed by atoms with van der Waals surface area (Å²) in [5.41, 5.74) is 1.36. The van der Waals surface area contributed by atoms with Crippen LogP contribution in [0.4, 0.5) is 0 Å². The van der Waals surface area contributed by atoms with Gasteiger partial charge in [-0.3, -0.25) is 10.3 Å². The third-order valence-electron chi connectivity index (χ3n) is 4.00. The fourth-order valence-corrected chi connectivity index (χ4v) is 3.01. The second-order valence-corrected chi connectivity index (χ2v) is 5.58. The first-order valence-electron chi connectivity index (χ1n) is 7.11. The van der Waals surface area contributed by atoms with Crippen molar-refractivity contribution in [2.24, 2.45) is 11.8 Å². The first kappa shape index (κ1) is 13.6. The molecule has 0 spiro atoms. The maximum Gasteiger partial charge on any atom is 0.0493 e. The normalized spacial score (nSPS) is 29.7. The second kappa shape index (κ2) is 6.95. The minimum atomic E-state index is 0.629. The van der Waals surface area contributed by atoms with E-state index in [1.54, 1.807) is 7.11 Å². The predicted molar refractivity (Wildman–Crippen MR) is 72.3 cm³/mol. The molecule has 102 valence electrons. The Morgan fingerprint density at radius 3 is 3.06 bits per heavy atom. The van der Waals surface area contributed by atoms with Gasteiger partial charge in [-0.2, -0.15) is 0 Å². The molecule has 1 aliphatic carbocycles. The average Bonchev–Trinajstić information content (AvgIpc) is 2.55. The summed E-state index contributed by atoms with van der Waals surface area (Å²) in [7, 11) is 1.78. The summed E-state index contributed by atoms with van der Waals surface area (Å²) in [6, 6.07) is 0. The fraction of sp³-hybridized carbons (Fsp3) is 0.733. The first-order valence-corrected chi connectivity index (χ1v) is 7.11. The molecule has 0 saturated carbocycles. The van der Waals surface area contributed by atoms with Crippen molar-refractivity contribution in [1.29, 1.82) is 0 Å². The number of ether oxygens (including phenoxy) is 1. The van der Waals surface area contributed by atoms with Crippen molar-refractivity contribution in [2.45, 2.75) is 38.5 Å². The molecule has 0 amide bonds. The third-order valence-corrected chi connectivity index (χ3v) is 4.00. The summed E-state index contributed by atoms with van der Waals surface area (Å²) in [4.78, 5) is 0. The Balaban J connectivity index is 2.08. The van der Waals surface area contributed by atoms with Crippen LogP contribution in [-0.2, 0) is 4.74 Å². The van der Waals surface area contributed by atoms with E-state index in [1.165, 1.54) is 36.3 Å². The summed E-state index contributed by atoms with van der Waals surface area (Å²) in [5.74, 6) is 1.35.